The monoisotopic (exact) mass is 201 g/mol. The maximum atomic E-state index is 5.45. The van der Waals surface area contributed by atoms with Gasteiger partial charge >= 0.3 is 0 Å². The third kappa shape index (κ3) is 4.76. The van der Waals surface area contributed by atoms with Crippen LogP contribution in [0.1, 0.15) is 12.0 Å². The van der Waals surface area contributed by atoms with E-state index in [9.17, 15) is 0 Å². The van der Waals surface area contributed by atoms with Crippen molar-refractivity contribution in [1.29, 1.82) is 0 Å². The molecule has 2 nitrogen and oxygen atoms in total. The Bertz CT molecular complexity index is 240. The highest BCUT2D eigenvalue weighted by Gasteiger charge is 1.91. The molecular formula is C10H16ClNO. The average Bonchev–Trinajstić information content (AvgIpc) is 2.05. The Labute approximate surface area is 85.5 Å². The molecule has 2 N–H and O–H groups in total. The molecule has 0 saturated heterocycles. The van der Waals surface area contributed by atoms with Gasteiger partial charge in [0.25, 0.3) is 0 Å². The zero-order chi connectivity index (χ0) is 8.81. The van der Waals surface area contributed by atoms with Crippen LogP contribution in [0, 0.1) is 6.92 Å². The molecule has 0 aromatic heterocycles. The fourth-order valence-electron chi connectivity index (χ4n) is 0.978. The molecule has 0 spiro atoms. The number of ether oxygens (including phenoxy) is 1. The topological polar surface area (TPSA) is 35.2 Å². The molecule has 1 aromatic carbocycles. The van der Waals surface area contributed by atoms with E-state index >= 15 is 0 Å². The SMILES string of the molecule is Cc1cccc(OCCCN)c1.Cl. The van der Waals surface area contributed by atoms with Gasteiger partial charge in [-0.15, -0.1) is 12.4 Å². The summed E-state index contributed by atoms with van der Waals surface area (Å²) in [6.45, 7) is 3.45. The van der Waals surface area contributed by atoms with E-state index in [2.05, 4.69) is 13.0 Å². The molecule has 0 saturated carbocycles. The van der Waals surface area contributed by atoms with E-state index in [-0.39, 0.29) is 12.4 Å². The number of halogens is 1. The van der Waals surface area contributed by atoms with E-state index < -0.39 is 0 Å². The predicted molar refractivity (Wildman–Crippen MR) is 57.6 cm³/mol. The molecule has 0 heterocycles. The Morgan fingerprint density at radius 3 is 2.77 bits per heavy atom. The van der Waals surface area contributed by atoms with Gasteiger partial charge in [0.05, 0.1) is 6.61 Å². The number of benzene rings is 1. The van der Waals surface area contributed by atoms with Crippen molar-refractivity contribution in [2.75, 3.05) is 13.2 Å². The van der Waals surface area contributed by atoms with Crippen molar-refractivity contribution in [1.82, 2.24) is 0 Å². The predicted octanol–water partition coefficient (Wildman–Crippen LogP) is 2.14. The Kier molecular flexibility index (Phi) is 6.37. The van der Waals surface area contributed by atoms with Crippen molar-refractivity contribution < 1.29 is 4.74 Å². The molecule has 1 aromatic rings. The highest BCUT2D eigenvalue weighted by molar-refractivity contribution is 5.85. The van der Waals surface area contributed by atoms with E-state index in [4.69, 9.17) is 10.5 Å². The third-order valence-electron chi connectivity index (χ3n) is 1.61. The molecule has 0 bridgehead atoms. The summed E-state index contributed by atoms with van der Waals surface area (Å²) in [7, 11) is 0. The molecule has 13 heavy (non-hydrogen) atoms. The summed E-state index contributed by atoms with van der Waals surface area (Å²) in [5.74, 6) is 0.934. The molecule has 0 aliphatic carbocycles. The number of hydrogen-bond acceptors (Lipinski definition) is 2. The second-order valence-electron chi connectivity index (χ2n) is 2.81. The van der Waals surface area contributed by atoms with Gasteiger partial charge in [-0.25, -0.2) is 0 Å². The number of hydrogen-bond donors (Lipinski definition) is 1. The Hall–Kier alpha value is -0.730. The molecule has 0 unspecified atom stereocenters. The molecule has 0 aliphatic rings. The number of aryl methyl sites for hydroxylation is 1. The summed E-state index contributed by atoms with van der Waals surface area (Å²) >= 11 is 0. The minimum Gasteiger partial charge on any atom is -0.494 e. The first-order chi connectivity index (χ1) is 5.83. The maximum absolute atomic E-state index is 5.45. The smallest absolute Gasteiger partial charge is 0.119 e. The van der Waals surface area contributed by atoms with Crippen LogP contribution in [-0.2, 0) is 0 Å². The van der Waals surface area contributed by atoms with Gasteiger partial charge in [0, 0.05) is 0 Å². The summed E-state index contributed by atoms with van der Waals surface area (Å²) in [6, 6.07) is 8.03. The summed E-state index contributed by atoms with van der Waals surface area (Å²) in [6.07, 6.45) is 0.911. The van der Waals surface area contributed by atoms with Gasteiger partial charge < -0.3 is 10.5 Å². The van der Waals surface area contributed by atoms with Crippen molar-refractivity contribution in [3.05, 3.63) is 29.8 Å². The second kappa shape index (κ2) is 6.75. The van der Waals surface area contributed by atoms with Crippen molar-refractivity contribution in [3.8, 4) is 5.75 Å². The van der Waals surface area contributed by atoms with E-state index in [1.54, 1.807) is 0 Å². The Balaban J connectivity index is 0.00000144. The Morgan fingerprint density at radius 1 is 1.38 bits per heavy atom. The fourth-order valence-corrected chi connectivity index (χ4v) is 0.978. The Morgan fingerprint density at radius 2 is 2.15 bits per heavy atom. The maximum Gasteiger partial charge on any atom is 0.119 e. The number of rotatable bonds is 4. The van der Waals surface area contributed by atoms with Gasteiger partial charge in [0.15, 0.2) is 0 Å². The standard InChI is InChI=1S/C10H15NO.ClH/c1-9-4-2-5-10(8-9)12-7-3-6-11;/h2,4-5,8H,3,6-7,11H2,1H3;1H. The average molecular weight is 202 g/mol. The normalized spacial score (nSPS) is 9.08. The molecule has 3 heteroatoms. The van der Waals surface area contributed by atoms with Crippen molar-refractivity contribution >= 4 is 12.4 Å². The molecular weight excluding hydrogens is 186 g/mol. The van der Waals surface area contributed by atoms with Crippen LogP contribution in [0.5, 0.6) is 5.75 Å². The molecule has 0 atom stereocenters. The molecule has 1 rings (SSSR count). The highest BCUT2D eigenvalue weighted by atomic mass is 35.5. The summed E-state index contributed by atoms with van der Waals surface area (Å²) in [5, 5.41) is 0. The van der Waals surface area contributed by atoms with Crippen LogP contribution in [0.15, 0.2) is 24.3 Å². The first kappa shape index (κ1) is 12.3. The van der Waals surface area contributed by atoms with Gasteiger partial charge in [-0.2, -0.15) is 0 Å². The molecule has 74 valence electrons. The molecule has 0 radical (unpaired) electrons. The lowest BCUT2D eigenvalue weighted by Crippen LogP contribution is -2.05. The van der Waals surface area contributed by atoms with E-state index in [0.717, 1.165) is 12.2 Å². The second-order valence-corrected chi connectivity index (χ2v) is 2.81. The van der Waals surface area contributed by atoms with Crippen molar-refractivity contribution in [3.63, 3.8) is 0 Å². The number of nitrogens with two attached hydrogens (primary N) is 1. The summed E-state index contributed by atoms with van der Waals surface area (Å²) in [4.78, 5) is 0. The van der Waals surface area contributed by atoms with Crippen molar-refractivity contribution in [2.24, 2.45) is 5.73 Å². The van der Waals surface area contributed by atoms with Gasteiger partial charge in [-0.3, -0.25) is 0 Å². The van der Waals surface area contributed by atoms with Gasteiger partial charge in [-0.05, 0) is 37.6 Å². The van der Waals surface area contributed by atoms with Crippen LogP contribution in [0.4, 0.5) is 0 Å². The van der Waals surface area contributed by atoms with Crippen LogP contribution < -0.4 is 10.5 Å². The molecule has 0 amide bonds. The lowest BCUT2D eigenvalue weighted by Gasteiger charge is -2.04. The minimum absolute atomic E-state index is 0. The van der Waals surface area contributed by atoms with Crippen LogP contribution in [0.2, 0.25) is 0 Å². The largest absolute Gasteiger partial charge is 0.494 e. The molecule has 0 fully saturated rings. The van der Waals surface area contributed by atoms with E-state index in [1.165, 1.54) is 5.56 Å². The van der Waals surface area contributed by atoms with E-state index in [0.29, 0.717) is 13.2 Å². The van der Waals surface area contributed by atoms with Crippen LogP contribution in [-0.4, -0.2) is 13.2 Å². The van der Waals surface area contributed by atoms with Crippen LogP contribution >= 0.6 is 12.4 Å². The highest BCUT2D eigenvalue weighted by Crippen LogP contribution is 2.11. The van der Waals surface area contributed by atoms with Crippen LogP contribution in [0.25, 0.3) is 0 Å². The zero-order valence-corrected chi connectivity index (χ0v) is 8.64. The third-order valence-corrected chi connectivity index (χ3v) is 1.61. The minimum atomic E-state index is 0. The lowest BCUT2D eigenvalue weighted by atomic mass is 10.2. The summed E-state index contributed by atoms with van der Waals surface area (Å²) < 4.78 is 5.45. The van der Waals surface area contributed by atoms with Crippen molar-refractivity contribution in [2.45, 2.75) is 13.3 Å². The fraction of sp³-hybridized carbons (Fsp3) is 0.400. The first-order valence-electron chi connectivity index (χ1n) is 4.22. The zero-order valence-electron chi connectivity index (χ0n) is 7.82. The lowest BCUT2D eigenvalue weighted by molar-refractivity contribution is 0.313. The van der Waals surface area contributed by atoms with Gasteiger partial charge in [-0.1, -0.05) is 12.1 Å². The van der Waals surface area contributed by atoms with Gasteiger partial charge in [0.1, 0.15) is 5.75 Å². The quantitative estimate of drug-likeness (QED) is 0.758. The molecule has 0 aliphatic heterocycles. The van der Waals surface area contributed by atoms with E-state index in [1.807, 2.05) is 18.2 Å². The van der Waals surface area contributed by atoms with Crippen LogP contribution in [0.3, 0.4) is 0 Å². The first-order valence-corrected chi connectivity index (χ1v) is 4.22. The summed E-state index contributed by atoms with van der Waals surface area (Å²) in [5.41, 5.74) is 6.57. The van der Waals surface area contributed by atoms with Gasteiger partial charge in [0.2, 0.25) is 0 Å².